The van der Waals surface area contributed by atoms with Crippen LogP contribution in [0.4, 0.5) is 13.2 Å². The molecule has 0 N–H and O–H groups in total. The van der Waals surface area contributed by atoms with Crippen LogP contribution in [0.1, 0.15) is 24.0 Å². The summed E-state index contributed by atoms with van der Waals surface area (Å²) in [5.74, 6) is 0.584. The molecule has 1 atom stereocenters. The minimum atomic E-state index is -4.26. The molecule has 0 saturated carbocycles. The first-order valence-corrected chi connectivity index (χ1v) is 6.50. The van der Waals surface area contributed by atoms with E-state index in [1.54, 1.807) is 12.1 Å². The van der Waals surface area contributed by atoms with E-state index < -0.39 is 11.7 Å². The summed E-state index contributed by atoms with van der Waals surface area (Å²) in [7, 11) is 0. The smallest absolute Gasteiger partial charge is 0.295 e. The molecule has 100 valence electrons. The molecule has 1 fully saturated rings. The van der Waals surface area contributed by atoms with Gasteiger partial charge in [0.25, 0.3) is 0 Å². The zero-order valence-electron chi connectivity index (χ0n) is 9.88. The summed E-state index contributed by atoms with van der Waals surface area (Å²) < 4.78 is 37.2. The third-order valence-electron chi connectivity index (χ3n) is 3.34. The van der Waals surface area contributed by atoms with E-state index in [1.165, 1.54) is 0 Å². The van der Waals surface area contributed by atoms with E-state index in [9.17, 15) is 13.2 Å². The number of alkyl halides is 4. The highest BCUT2D eigenvalue weighted by Crippen LogP contribution is 2.29. The quantitative estimate of drug-likeness (QED) is 0.757. The molecule has 1 heterocycles. The second-order valence-corrected chi connectivity index (χ2v) is 4.92. The number of halogens is 4. The van der Waals surface area contributed by atoms with Gasteiger partial charge >= 0.3 is 6.18 Å². The van der Waals surface area contributed by atoms with Gasteiger partial charge in [0.1, 0.15) is 0 Å². The van der Waals surface area contributed by atoms with Crippen molar-refractivity contribution in [1.29, 1.82) is 0 Å². The lowest BCUT2D eigenvalue weighted by Gasteiger charge is -2.22. The Hall–Kier alpha value is -0.740. The van der Waals surface area contributed by atoms with E-state index in [0.717, 1.165) is 37.1 Å². The van der Waals surface area contributed by atoms with E-state index >= 15 is 0 Å². The van der Waals surface area contributed by atoms with Gasteiger partial charge < -0.3 is 0 Å². The maximum atomic E-state index is 12.4. The van der Waals surface area contributed by atoms with Crippen molar-refractivity contribution in [1.82, 2.24) is 4.90 Å². The molecule has 1 nitrogen and oxygen atoms in total. The van der Waals surface area contributed by atoms with Crippen LogP contribution in [-0.4, -0.2) is 23.4 Å². The SMILES string of the molecule is FC(F)(F)c1ccc(CN2CCCC2CCl)cc1. The molecule has 0 radical (unpaired) electrons. The second kappa shape index (κ2) is 5.49. The maximum absolute atomic E-state index is 12.4. The topological polar surface area (TPSA) is 3.24 Å². The summed E-state index contributed by atoms with van der Waals surface area (Å²) in [6.07, 6.45) is -2.08. The Morgan fingerprint density at radius 3 is 2.44 bits per heavy atom. The Labute approximate surface area is 110 Å². The van der Waals surface area contributed by atoms with Crippen molar-refractivity contribution in [2.75, 3.05) is 12.4 Å². The van der Waals surface area contributed by atoms with E-state index in [-0.39, 0.29) is 0 Å². The lowest BCUT2D eigenvalue weighted by atomic mass is 10.1. The third kappa shape index (κ3) is 3.18. The molecule has 18 heavy (non-hydrogen) atoms. The van der Waals surface area contributed by atoms with Crippen molar-refractivity contribution >= 4 is 11.6 Å². The molecule has 1 aromatic rings. The van der Waals surface area contributed by atoms with Gasteiger partial charge in [0.2, 0.25) is 0 Å². The molecule has 2 rings (SSSR count). The molecule has 0 aliphatic carbocycles. The number of hydrogen-bond acceptors (Lipinski definition) is 1. The van der Waals surface area contributed by atoms with Crippen LogP contribution < -0.4 is 0 Å². The normalized spacial score (nSPS) is 21.4. The van der Waals surface area contributed by atoms with Crippen LogP contribution in [0.3, 0.4) is 0 Å². The molecule has 0 spiro atoms. The minimum absolute atomic E-state index is 0.356. The molecule has 1 saturated heterocycles. The molecular formula is C13H15ClF3N. The molecule has 1 aromatic carbocycles. The number of nitrogens with zero attached hydrogens (tertiary/aromatic N) is 1. The maximum Gasteiger partial charge on any atom is 0.416 e. The Balaban J connectivity index is 2.02. The van der Waals surface area contributed by atoms with Crippen molar-refractivity contribution in [3.05, 3.63) is 35.4 Å². The van der Waals surface area contributed by atoms with E-state index in [1.807, 2.05) is 0 Å². The van der Waals surface area contributed by atoms with Gasteiger partial charge in [-0.2, -0.15) is 13.2 Å². The highest BCUT2D eigenvalue weighted by atomic mass is 35.5. The fraction of sp³-hybridized carbons (Fsp3) is 0.538. The average Bonchev–Trinajstić information content (AvgIpc) is 2.76. The van der Waals surface area contributed by atoms with Crippen molar-refractivity contribution in [2.45, 2.75) is 31.6 Å². The molecule has 0 bridgehead atoms. The highest BCUT2D eigenvalue weighted by Gasteiger charge is 2.30. The monoisotopic (exact) mass is 277 g/mol. The zero-order chi connectivity index (χ0) is 13.2. The third-order valence-corrected chi connectivity index (χ3v) is 3.70. The summed E-state index contributed by atoms with van der Waals surface area (Å²) in [6.45, 7) is 1.65. The first-order chi connectivity index (χ1) is 8.50. The molecule has 1 unspecified atom stereocenters. The Kier molecular flexibility index (Phi) is 4.17. The Morgan fingerprint density at radius 2 is 1.89 bits per heavy atom. The highest BCUT2D eigenvalue weighted by molar-refractivity contribution is 6.18. The van der Waals surface area contributed by atoms with Crippen LogP contribution in [-0.2, 0) is 12.7 Å². The molecule has 0 amide bonds. The first kappa shape index (κ1) is 13.7. The predicted molar refractivity (Wildman–Crippen MR) is 65.6 cm³/mol. The molecule has 5 heteroatoms. The first-order valence-electron chi connectivity index (χ1n) is 5.97. The predicted octanol–water partition coefficient (Wildman–Crippen LogP) is 3.91. The molecule has 1 aliphatic rings. The minimum Gasteiger partial charge on any atom is -0.295 e. The van der Waals surface area contributed by atoms with Gasteiger partial charge in [0.15, 0.2) is 0 Å². The van der Waals surface area contributed by atoms with E-state index in [4.69, 9.17) is 11.6 Å². The van der Waals surface area contributed by atoms with Gasteiger partial charge in [-0.15, -0.1) is 11.6 Å². The van der Waals surface area contributed by atoms with Crippen molar-refractivity contribution in [3.63, 3.8) is 0 Å². The van der Waals surface area contributed by atoms with Crippen LogP contribution in [0, 0.1) is 0 Å². The summed E-state index contributed by atoms with van der Waals surface area (Å²) in [4.78, 5) is 2.23. The largest absolute Gasteiger partial charge is 0.416 e. The van der Waals surface area contributed by atoms with E-state index in [0.29, 0.717) is 18.5 Å². The van der Waals surface area contributed by atoms with Gasteiger partial charge in [-0.3, -0.25) is 4.90 Å². The fourth-order valence-electron chi connectivity index (χ4n) is 2.31. The van der Waals surface area contributed by atoms with Crippen LogP contribution in [0.5, 0.6) is 0 Å². The van der Waals surface area contributed by atoms with Crippen LogP contribution in [0.2, 0.25) is 0 Å². The van der Waals surface area contributed by atoms with E-state index in [2.05, 4.69) is 4.90 Å². The molecule has 0 aromatic heterocycles. The molecular weight excluding hydrogens is 263 g/mol. The lowest BCUT2D eigenvalue weighted by molar-refractivity contribution is -0.137. The van der Waals surface area contributed by atoms with Gasteiger partial charge in [0.05, 0.1) is 5.56 Å². The molecule has 1 aliphatic heterocycles. The van der Waals surface area contributed by atoms with Crippen molar-refractivity contribution in [2.24, 2.45) is 0 Å². The van der Waals surface area contributed by atoms with Gasteiger partial charge in [0, 0.05) is 18.5 Å². The van der Waals surface area contributed by atoms with Gasteiger partial charge in [-0.05, 0) is 37.1 Å². The number of hydrogen-bond donors (Lipinski definition) is 0. The van der Waals surface area contributed by atoms with Gasteiger partial charge in [-0.1, -0.05) is 12.1 Å². The number of rotatable bonds is 3. The number of benzene rings is 1. The van der Waals surface area contributed by atoms with Crippen LogP contribution in [0.25, 0.3) is 0 Å². The standard InChI is InChI=1S/C13H15ClF3N/c14-8-12-2-1-7-18(12)9-10-3-5-11(6-4-10)13(15,16)17/h3-6,12H,1-2,7-9H2. The summed E-state index contributed by atoms with van der Waals surface area (Å²) in [6, 6.07) is 5.73. The summed E-state index contributed by atoms with van der Waals surface area (Å²) >= 11 is 5.86. The van der Waals surface area contributed by atoms with Gasteiger partial charge in [-0.25, -0.2) is 0 Å². The van der Waals surface area contributed by atoms with Crippen molar-refractivity contribution in [3.8, 4) is 0 Å². The second-order valence-electron chi connectivity index (χ2n) is 4.62. The lowest BCUT2D eigenvalue weighted by Crippen LogP contribution is -2.30. The van der Waals surface area contributed by atoms with Crippen LogP contribution >= 0.6 is 11.6 Å². The number of likely N-dealkylation sites (tertiary alicyclic amines) is 1. The fourth-order valence-corrected chi connectivity index (χ4v) is 2.66. The van der Waals surface area contributed by atoms with Crippen molar-refractivity contribution < 1.29 is 13.2 Å². The zero-order valence-corrected chi connectivity index (χ0v) is 10.6. The average molecular weight is 278 g/mol. The van der Waals surface area contributed by atoms with Crippen LogP contribution in [0.15, 0.2) is 24.3 Å². The summed E-state index contributed by atoms with van der Waals surface area (Å²) in [5.41, 5.74) is 0.307. The Morgan fingerprint density at radius 1 is 1.22 bits per heavy atom. The Bertz CT molecular complexity index is 388. The summed E-state index contributed by atoms with van der Waals surface area (Å²) in [5, 5.41) is 0.